The van der Waals surface area contributed by atoms with E-state index >= 15 is 0 Å². The molecule has 0 aliphatic heterocycles. The first-order valence-corrected chi connectivity index (χ1v) is 6.88. The van der Waals surface area contributed by atoms with Gasteiger partial charge in [-0.25, -0.2) is 0 Å². The summed E-state index contributed by atoms with van der Waals surface area (Å²) in [5.41, 5.74) is -0.112. The van der Waals surface area contributed by atoms with E-state index in [1.165, 1.54) is 36.7 Å². The number of carbonyl (C=O) groups excluding carboxylic acids is 1. The minimum atomic E-state index is -4.49. The number of ether oxygens (including phenoxy) is 1. The number of hydrogen-bond donors (Lipinski definition) is 0. The van der Waals surface area contributed by atoms with E-state index in [4.69, 9.17) is 9.15 Å². The molecule has 1 aromatic carbocycles. The molecule has 124 valence electrons. The van der Waals surface area contributed by atoms with Crippen molar-refractivity contribution in [3.8, 4) is 0 Å². The van der Waals surface area contributed by atoms with E-state index in [-0.39, 0.29) is 25.3 Å². The molecule has 0 aliphatic carbocycles. The van der Waals surface area contributed by atoms with Crippen LogP contribution in [-0.2, 0) is 17.5 Å². The van der Waals surface area contributed by atoms with Gasteiger partial charge in [0.1, 0.15) is 0 Å². The van der Waals surface area contributed by atoms with Crippen molar-refractivity contribution in [1.82, 2.24) is 4.90 Å². The summed E-state index contributed by atoms with van der Waals surface area (Å²) in [6.45, 7) is 0.772. The maximum absolute atomic E-state index is 12.8. The van der Waals surface area contributed by atoms with Crippen molar-refractivity contribution >= 4 is 5.91 Å². The fourth-order valence-corrected chi connectivity index (χ4v) is 2.07. The van der Waals surface area contributed by atoms with Crippen LogP contribution < -0.4 is 0 Å². The van der Waals surface area contributed by atoms with Crippen molar-refractivity contribution in [2.24, 2.45) is 0 Å². The molecular formula is C16H16F3NO3. The molecule has 2 aromatic rings. The summed E-state index contributed by atoms with van der Waals surface area (Å²) >= 11 is 0. The van der Waals surface area contributed by atoms with Gasteiger partial charge in [-0.2, -0.15) is 13.2 Å². The van der Waals surface area contributed by atoms with Gasteiger partial charge in [0.25, 0.3) is 5.91 Å². The monoisotopic (exact) mass is 327 g/mol. The van der Waals surface area contributed by atoms with Gasteiger partial charge in [0.15, 0.2) is 0 Å². The second-order valence-corrected chi connectivity index (χ2v) is 4.93. The number of carbonyl (C=O) groups is 1. The Bertz CT molecular complexity index is 638. The molecule has 0 saturated carbocycles. The van der Waals surface area contributed by atoms with E-state index in [0.29, 0.717) is 0 Å². The van der Waals surface area contributed by atoms with Gasteiger partial charge in [-0.05, 0) is 24.3 Å². The van der Waals surface area contributed by atoms with Crippen molar-refractivity contribution in [2.75, 3.05) is 20.3 Å². The van der Waals surface area contributed by atoms with Crippen LogP contribution in [-0.4, -0.2) is 31.1 Å². The lowest BCUT2D eigenvalue weighted by Crippen LogP contribution is -2.33. The average molecular weight is 327 g/mol. The van der Waals surface area contributed by atoms with Crippen LogP contribution in [0.5, 0.6) is 0 Å². The van der Waals surface area contributed by atoms with Gasteiger partial charge >= 0.3 is 6.18 Å². The van der Waals surface area contributed by atoms with Gasteiger partial charge in [0.05, 0.1) is 24.7 Å². The summed E-state index contributed by atoms with van der Waals surface area (Å²) in [6.07, 6.45) is -1.53. The molecule has 0 fully saturated rings. The van der Waals surface area contributed by atoms with E-state index in [9.17, 15) is 18.0 Å². The lowest BCUT2D eigenvalue weighted by atomic mass is 10.1. The molecule has 0 N–H and O–H groups in total. The van der Waals surface area contributed by atoms with E-state index < -0.39 is 17.6 Å². The number of nitrogens with zero attached hydrogens (tertiary/aromatic N) is 1. The van der Waals surface area contributed by atoms with Crippen molar-refractivity contribution < 1.29 is 27.1 Å². The summed E-state index contributed by atoms with van der Waals surface area (Å²) < 4.78 is 48.3. The van der Waals surface area contributed by atoms with Crippen LogP contribution in [0.4, 0.5) is 13.2 Å². The minimum absolute atomic E-state index is 0.0144. The first-order chi connectivity index (χ1) is 10.9. The Balaban J connectivity index is 2.22. The van der Waals surface area contributed by atoms with Crippen LogP contribution >= 0.6 is 0 Å². The highest BCUT2D eigenvalue weighted by Crippen LogP contribution is 2.29. The molecule has 1 amide bonds. The maximum atomic E-state index is 12.8. The van der Waals surface area contributed by atoms with Crippen LogP contribution in [0, 0.1) is 0 Å². The van der Waals surface area contributed by atoms with Crippen LogP contribution in [0.25, 0.3) is 0 Å². The quantitative estimate of drug-likeness (QED) is 0.814. The Labute approximate surface area is 131 Å². The van der Waals surface area contributed by atoms with E-state index in [2.05, 4.69) is 0 Å². The lowest BCUT2D eigenvalue weighted by molar-refractivity contribution is -0.137. The molecule has 23 heavy (non-hydrogen) atoms. The third kappa shape index (κ3) is 4.59. The summed E-state index contributed by atoms with van der Waals surface area (Å²) in [4.78, 5) is 13.9. The third-order valence-corrected chi connectivity index (χ3v) is 3.24. The molecule has 0 spiro atoms. The van der Waals surface area contributed by atoms with E-state index in [0.717, 1.165) is 17.7 Å². The van der Waals surface area contributed by atoms with E-state index in [1.54, 1.807) is 6.07 Å². The van der Waals surface area contributed by atoms with Crippen LogP contribution in [0.15, 0.2) is 47.3 Å². The van der Waals surface area contributed by atoms with Gasteiger partial charge in [0.2, 0.25) is 0 Å². The summed E-state index contributed by atoms with van der Waals surface area (Å²) in [6, 6.07) is 6.08. The largest absolute Gasteiger partial charge is 0.472 e. The molecule has 4 nitrogen and oxygen atoms in total. The molecule has 0 radical (unpaired) electrons. The lowest BCUT2D eigenvalue weighted by Gasteiger charge is -2.22. The standard InChI is InChI=1S/C16H16F3NO3/c1-22-8-6-20(10-12-5-7-23-11-12)15(21)13-3-2-4-14(9-13)16(17,18)19/h2-5,7,9,11H,6,8,10H2,1H3. The maximum Gasteiger partial charge on any atom is 0.416 e. The third-order valence-electron chi connectivity index (χ3n) is 3.24. The smallest absolute Gasteiger partial charge is 0.416 e. The first-order valence-electron chi connectivity index (χ1n) is 6.88. The number of rotatable bonds is 6. The Morgan fingerprint density at radius 1 is 1.30 bits per heavy atom. The highest BCUT2D eigenvalue weighted by atomic mass is 19.4. The molecule has 0 unspecified atom stereocenters. The van der Waals surface area contributed by atoms with Crippen molar-refractivity contribution in [3.63, 3.8) is 0 Å². The zero-order valence-corrected chi connectivity index (χ0v) is 12.5. The molecule has 7 heteroatoms. The molecule has 1 heterocycles. The van der Waals surface area contributed by atoms with Crippen molar-refractivity contribution in [1.29, 1.82) is 0 Å². The highest BCUT2D eigenvalue weighted by Gasteiger charge is 2.31. The van der Waals surface area contributed by atoms with Crippen LogP contribution in [0.1, 0.15) is 21.5 Å². The molecule has 0 saturated heterocycles. The van der Waals surface area contributed by atoms with Gasteiger partial charge in [-0.3, -0.25) is 4.79 Å². The minimum Gasteiger partial charge on any atom is -0.472 e. The average Bonchev–Trinajstić information content (AvgIpc) is 3.03. The molecular weight excluding hydrogens is 311 g/mol. The molecule has 2 rings (SSSR count). The predicted molar refractivity (Wildman–Crippen MR) is 76.8 cm³/mol. The normalized spacial score (nSPS) is 11.5. The topological polar surface area (TPSA) is 42.7 Å². The molecule has 0 atom stereocenters. The fraction of sp³-hybridized carbons (Fsp3) is 0.312. The number of methoxy groups -OCH3 is 1. The van der Waals surface area contributed by atoms with Gasteiger partial charge in [0, 0.05) is 31.3 Å². The number of alkyl halides is 3. The Morgan fingerprint density at radius 3 is 2.70 bits per heavy atom. The molecule has 1 aromatic heterocycles. The van der Waals surface area contributed by atoms with Crippen LogP contribution in [0.3, 0.4) is 0 Å². The zero-order valence-electron chi connectivity index (χ0n) is 12.5. The summed E-state index contributed by atoms with van der Waals surface area (Å²) in [5.74, 6) is -0.491. The van der Waals surface area contributed by atoms with Crippen molar-refractivity contribution in [3.05, 3.63) is 59.5 Å². The van der Waals surface area contributed by atoms with Crippen molar-refractivity contribution in [2.45, 2.75) is 12.7 Å². The Hall–Kier alpha value is -2.28. The predicted octanol–water partition coefficient (Wildman–Crippen LogP) is 3.59. The van der Waals surface area contributed by atoms with Gasteiger partial charge < -0.3 is 14.1 Å². The SMILES string of the molecule is COCCN(Cc1ccoc1)C(=O)c1cccc(C(F)(F)F)c1. The Kier molecular flexibility index (Phi) is 5.44. The fourth-order valence-electron chi connectivity index (χ4n) is 2.07. The number of benzene rings is 1. The summed E-state index contributed by atoms with van der Waals surface area (Å²) in [7, 11) is 1.49. The van der Waals surface area contributed by atoms with Gasteiger partial charge in [-0.1, -0.05) is 6.07 Å². The molecule has 0 aliphatic rings. The second kappa shape index (κ2) is 7.32. The second-order valence-electron chi connectivity index (χ2n) is 4.93. The molecule has 0 bridgehead atoms. The number of amides is 1. The highest BCUT2D eigenvalue weighted by molar-refractivity contribution is 5.94. The Morgan fingerprint density at radius 2 is 2.09 bits per heavy atom. The number of furan rings is 1. The number of halogens is 3. The number of hydrogen-bond acceptors (Lipinski definition) is 3. The van der Waals surface area contributed by atoms with E-state index in [1.807, 2.05) is 0 Å². The first kappa shape index (κ1) is 17.1. The summed E-state index contributed by atoms with van der Waals surface area (Å²) in [5, 5.41) is 0. The zero-order chi connectivity index (χ0) is 16.9. The van der Waals surface area contributed by atoms with Gasteiger partial charge in [-0.15, -0.1) is 0 Å². The van der Waals surface area contributed by atoms with Crippen LogP contribution in [0.2, 0.25) is 0 Å².